The van der Waals surface area contributed by atoms with Crippen LogP contribution in [-0.4, -0.2) is 11.6 Å². The van der Waals surface area contributed by atoms with Crippen molar-refractivity contribution in [2.75, 3.05) is 5.73 Å². The second kappa shape index (κ2) is 3.53. The van der Waals surface area contributed by atoms with Crippen molar-refractivity contribution >= 4 is 17.4 Å². The van der Waals surface area contributed by atoms with Crippen LogP contribution in [0.15, 0.2) is 12.3 Å². The van der Waals surface area contributed by atoms with E-state index >= 15 is 0 Å². The highest BCUT2D eigenvalue weighted by Crippen LogP contribution is 2.22. The maximum Gasteiger partial charge on any atom is 0.387 e. The van der Waals surface area contributed by atoms with Gasteiger partial charge >= 0.3 is 6.61 Å². The molecule has 66 valence electrons. The van der Waals surface area contributed by atoms with Gasteiger partial charge in [0.15, 0.2) is 0 Å². The summed E-state index contributed by atoms with van der Waals surface area (Å²) in [5, 5.41) is 0.0909. The molecule has 0 spiro atoms. The molecule has 0 aromatic carbocycles. The van der Waals surface area contributed by atoms with Crippen LogP contribution in [0.3, 0.4) is 0 Å². The molecule has 0 amide bonds. The lowest BCUT2D eigenvalue weighted by Gasteiger charge is -2.04. The van der Waals surface area contributed by atoms with Crippen LogP contribution >= 0.6 is 11.6 Å². The van der Waals surface area contributed by atoms with Gasteiger partial charge in [-0.3, -0.25) is 0 Å². The lowest BCUT2D eigenvalue weighted by atomic mass is 10.4. The largest absolute Gasteiger partial charge is 0.433 e. The SMILES string of the molecule is Nc1ncc(OC(F)F)cc1Cl. The summed E-state index contributed by atoms with van der Waals surface area (Å²) < 4.78 is 27.3. The van der Waals surface area contributed by atoms with E-state index in [9.17, 15) is 8.78 Å². The molecule has 0 aliphatic heterocycles. The Labute approximate surface area is 72.1 Å². The van der Waals surface area contributed by atoms with Crippen molar-refractivity contribution in [1.29, 1.82) is 0 Å². The van der Waals surface area contributed by atoms with E-state index < -0.39 is 6.61 Å². The van der Waals surface area contributed by atoms with Gasteiger partial charge in [-0.1, -0.05) is 11.6 Å². The number of pyridine rings is 1. The van der Waals surface area contributed by atoms with Crippen molar-refractivity contribution in [2.24, 2.45) is 0 Å². The zero-order valence-electron chi connectivity index (χ0n) is 5.80. The Hall–Kier alpha value is -1.10. The summed E-state index contributed by atoms with van der Waals surface area (Å²) in [5.74, 6) is -0.0255. The molecule has 0 unspecified atom stereocenters. The van der Waals surface area contributed by atoms with E-state index in [0.717, 1.165) is 6.20 Å². The van der Waals surface area contributed by atoms with Gasteiger partial charge < -0.3 is 10.5 Å². The van der Waals surface area contributed by atoms with Gasteiger partial charge in [-0.15, -0.1) is 0 Å². The molecule has 1 aromatic heterocycles. The average Bonchev–Trinajstić information content (AvgIpc) is 1.96. The summed E-state index contributed by atoms with van der Waals surface area (Å²) in [6.45, 7) is -2.88. The van der Waals surface area contributed by atoms with Gasteiger partial charge in [0, 0.05) is 6.07 Å². The Morgan fingerprint density at radius 3 is 2.75 bits per heavy atom. The maximum absolute atomic E-state index is 11.6. The van der Waals surface area contributed by atoms with Crippen LogP contribution in [-0.2, 0) is 0 Å². The molecule has 3 nitrogen and oxygen atoms in total. The Morgan fingerprint density at radius 2 is 2.25 bits per heavy atom. The first kappa shape index (κ1) is 8.99. The fourth-order valence-corrected chi connectivity index (χ4v) is 0.755. The van der Waals surface area contributed by atoms with Crippen molar-refractivity contribution < 1.29 is 13.5 Å². The number of anilines is 1. The Morgan fingerprint density at radius 1 is 1.58 bits per heavy atom. The number of nitrogen functional groups attached to an aromatic ring is 1. The maximum atomic E-state index is 11.6. The van der Waals surface area contributed by atoms with E-state index in [2.05, 4.69) is 9.72 Å². The molecular weight excluding hydrogens is 190 g/mol. The topological polar surface area (TPSA) is 48.1 Å². The predicted octanol–water partition coefficient (Wildman–Crippen LogP) is 1.92. The van der Waals surface area contributed by atoms with Crippen molar-refractivity contribution in [2.45, 2.75) is 6.61 Å². The van der Waals surface area contributed by atoms with Crippen molar-refractivity contribution in [3.05, 3.63) is 17.3 Å². The first-order valence-electron chi connectivity index (χ1n) is 2.95. The van der Waals surface area contributed by atoms with Crippen molar-refractivity contribution in [1.82, 2.24) is 4.98 Å². The first-order valence-corrected chi connectivity index (χ1v) is 3.33. The summed E-state index contributed by atoms with van der Waals surface area (Å²) in [7, 11) is 0. The van der Waals surface area contributed by atoms with E-state index in [1.807, 2.05) is 0 Å². The Kier molecular flexibility index (Phi) is 2.65. The van der Waals surface area contributed by atoms with Gasteiger partial charge in [0.1, 0.15) is 11.6 Å². The normalized spacial score (nSPS) is 10.3. The van der Waals surface area contributed by atoms with Gasteiger partial charge in [-0.25, -0.2) is 4.98 Å². The molecule has 6 heteroatoms. The summed E-state index contributed by atoms with van der Waals surface area (Å²) in [6, 6.07) is 1.18. The van der Waals surface area contributed by atoms with E-state index in [1.54, 1.807) is 0 Å². The highest BCUT2D eigenvalue weighted by molar-refractivity contribution is 6.32. The minimum absolute atomic E-state index is 0.0817. The van der Waals surface area contributed by atoms with E-state index in [0.29, 0.717) is 0 Å². The molecule has 0 bridgehead atoms. The minimum atomic E-state index is -2.88. The highest BCUT2D eigenvalue weighted by Gasteiger charge is 2.06. The number of hydrogen-bond acceptors (Lipinski definition) is 3. The second-order valence-electron chi connectivity index (χ2n) is 1.92. The molecule has 0 aliphatic carbocycles. The number of nitrogens with zero attached hydrogens (tertiary/aromatic N) is 1. The average molecular weight is 195 g/mol. The molecule has 1 rings (SSSR count). The standard InChI is InChI=1S/C6H5ClF2N2O/c7-4-1-3(12-6(8)9)2-11-5(4)10/h1-2,6H,(H2,10,11). The summed E-state index contributed by atoms with van der Waals surface area (Å²) in [4.78, 5) is 3.52. The second-order valence-corrected chi connectivity index (χ2v) is 2.32. The van der Waals surface area contributed by atoms with Crippen LogP contribution in [0.1, 0.15) is 0 Å². The molecule has 0 fully saturated rings. The summed E-state index contributed by atoms with van der Waals surface area (Å²) in [5.41, 5.74) is 5.23. The van der Waals surface area contributed by atoms with Crippen LogP contribution in [0.25, 0.3) is 0 Å². The molecule has 1 aromatic rings. The molecule has 0 radical (unpaired) electrons. The number of hydrogen-bond donors (Lipinski definition) is 1. The van der Waals surface area contributed by atoms with Crippen LogP contribution in [0.5, 0.6) is 5.75 Å². The smallest absolute Gasteiger partial charge is 0.387 e. The number of nitrogens with two attached hydrogens (primary N) is 1. The summed E-state index contributed by atoms with van der Waals surface area (Å²) >= 11 is 5.48. The molecule has 0 aliphatic rings. The van der Waals surface area contributed by atoms with Gasteiger partial charge in [-0.2, -0.15) is 8.78 Å². The third-order valence-corrected chi connectivity index (χ3v) is 1.37. The molecule has 0 atom stereocenters. The zero-order valence-corrected chi connectivity index (χ0v) is 6.55. The van der Waals surface area contributed by atoms with Gasteiger partial charge in [0.2, 0.25) is 0 Å². The quantitative estimate of drug-likeness (QED) is 0.783. The fraction of sp³-hybridized carbons (Fsp3) is 0.167. The van der Waals surface area contributed by atoms with Crippen LogP contribution < -0.4 is 10.5 Å². The fourth-order valence-electron chi connectivity index (χ4n) is 0.598. The number of aromatic nitrogens is 1. The number of halogens is 3. The van der Waals surface area contributed by atoms with E-state index in [4.69, 9.17) is 17.3 Å². The van der Waals surface area contributed by atoms with Gasteiger partial charge in [0.25, 0.3) is 0 Å². The minimum Gasteiger partial charge on any atom is -0.433 e. The van der Waals surface area contributed by atoms with Crippen LogP contribution in [0.2, 0.25) is 5.02 Å². The molecule has 1 heterocycles. The Balaban J connectivity index is 2.82. The predicted molar refractivity (Wildman–Crippen MR) is 40.3 cm³/mol. The first-order chi connectivity index (χ1) is 5.59. The number of ether oxygens (including phenoxy) is 1. The Bertz CT molecular complexity index is 282. The van der Waals surface area contributed by atoms with Crippen LogP contribution in [0.4, 0.5) is 14.6 Å². The molecule has 12 heavy (non-hydrogen) atoms. The number of rotatable bonds is 2. The lowest BCUT2D eigenvalue weighted by molar-refractivity contribution is -0.0500. The third kappa shape index (κ3) is 2.20. The van der Waals surface area contributed by atoms with E-state index in [1.165, 1.54) is 6.07 Å². The number of alkyl halides is 2. The molecular formula is C6H5ClF2N2O. The van der Waals surface area contributed by atoms with Crippen molar-refractivity contribution in [3.63, 3.8) is 0 Å². The third-order valence-electron chi connectivity index (χ3n) is 1.07. The van der Waals surface area contributed by atoms with Gasteiger partial charge in [0.05, 0.1) is 11.2 Å². The molecule has 0 saturated heterocycles. The van der Waals surface area contributed by atoms with Gasteiger partial charge in [-0.05, 0) is 0 Å². The van der Waals surface area contributed by atoms with E-state index in [-0.39, 0.29) is 16.6 Å². The monoisotopic (exact) mass is 194 g/mol. The lowest BCUT2D eigenvalue weighted by Crippen LogP contribution is -2.02. The summed E-state index contributed by atoms with van der Waals surface area (Å²) in [6.07, 6.45) is 1.08. The highest BCUT2D eigenvalue weighted by atomic mass is 35.5. The van der Waals surface area contributed by atoms with Crippen LogP contribution in [0, 0.1) is 0 Å². The molecule has 2 N–H and O–H groups in total. The zero-order chi connectivity index (χ0) is 9.14. The molecule has 0 saturated carbocycles. The van der Waals surface area contributed by atoms with Crippen molar-refractivity contribution in [3.8, 4) is 5.75 Å².